The van der Waals surface area contributed by atoms with Crippen LogP contribution in [0.3, 0.4) is 0 Å². The highest BCUT2D eigenvalue weighted by molar-refractivity contribution is 7.92. The number of carbonyl (C=O) groups is 1. The molecule has 0 fully saturated rings. The standard InChI is InChI=1S/C18H18F4N2O3S/c1-3-15(24(28(2,26)27)16-7-5-4-6-14(16)19)17(25)23-13-10-8-12(9-11-13)18(20,21)22/h4-11,15H,3H2,1-2H3,(H,23,25)/t15-/m0/s1. The SMILES string of the molecule is CC[C@@H](C(=O)Nc1ccc(C(F)(F)F)cc1)N(c1ccccc1F)S(C)(=O)=O. The molecule has 0 heterocycles. The van der Waals surface area contributed by atoms with E-state index in [0.717, 1.165) is 36.6 Å². The summed E-state index contributed by atoms with van der Waals surface area (Å²) in [7, 11) is -4.03. The van der Waals surface area contributed by atoms with E-state index in [9.17, 15) is 30.8 Å². The van der Waals surface area contributed by atoms with Gasteiger partial charge < -0.3 is 5.32 Å². The Morgan fingerprint density at radius 2 is 1.68 bits per heavy atom. The third-order valence-electron chi connectivity index (χ3n) is 3.90. The summed E-state index contributed by atoms with van der Waals surface area (Å²) in [4.78, 5) is 12.6. The van der Waals surface area contributed by atoms with E-state index in [1.807, 2.05) is 0 Å². The lowest BCUT2D eigenvalue weighted by Crippen LogP contribution is -2.47. The second-order valence-corrected chi connectivity index (χ2v) is 7.86. The Labute approximate surface area is 160 Å². The molecule has 0 spiro atoms. The first-order valence-electron chi connectivity index (χ1n) is 8.17. The molecule has 0 bridgehead atoms. The predicted molar refractivity (Wildman–Crippen MR) is 97.9 cm³/mol. The number of anilines is 2. The Hall–Kier alpha value is -2.62. The minimum absolute atomic E-state index is 0.00781. The van der Waals surface area contributed by atoms with Crippen molar-refractivity contribution in [3.63, 3.8) is 0 Å². The summed E-state index contributed by atoms with van der Waals surface area (Å²) in [6.45, 7) is 1.54. The van der Waals surface area contributed by atoms with Crippen LogP contribution in [0.4, 0.5) is 28.9 Å². The summed E-state index contributed by atoms with van der Waals surface area (Å²) >= 11 is 0. The fraction of sp³-hybridized carbons (Fsp3) is 0.278. The van der Waals surface area contributed by atoms with Crippen LogP contribution >= 0.6 is 0 Å². The number of rotatable bonds is 6. The van der Waals surface area contributed by atoms with Crippen molar-refractivity contribution < 1.29 is 30.8 Å². The summed E-state index contributed by atoms with van der Waals surface area (Å²) in [5, 5.41) is 2.38. The number of nitrogens with one attached hydrogen (secondary N) is 1. The van der Waals surface area contributed by atoms with E-state index in [1.165, 1.54) is 25.1 Å². The maximum Gasteiger partial charge on any atom is 0.416 e. The molecule has 28 heavy (non-hydrogen) atoms. The molecular weight excluding hydrogens is 400 g/mol. The van der Waals surface area contributed by atoms with E-state index in [-0.39, 0.29) is 17.8 Å². The van der Waals surface area contributed by atoms with E-state index in [0.29, 0.717) is 4.31 Å². The topological polar surface area (TPSA) is 66.5 Å². The van der Waals surface area contributed by atoms with E-state index in [1.54, 1.807) is 0 Å². The molecule has 1 N–H and O–H groups in total. The lowest BCUT2D eigenvalue weighted by molar-refractivity contribution is -0.137. The fourth-order valence-electron chi connectivity index (χ4n) is 2.63. The van der Waals surface area contributed by atoms with E-state index in [4.69, 9.17) is 0 Å². The Bertz CT molecular complexity index is 944. The molecule has 0 aliphatic rings. The summed E-state index contributed by atoms with van der Waals surface area (Å²) in [5.74, 6) is -1.62. The Morgan fingerprint density at radius 1 is 1.11 bits per heavy atom. The molecular formula is C18H18F4N2O3S. The van der Waals surface area contributed by atoms with Crippen LogP contribution in [0, 0.1) is 5.82 Å². The minimum atomic E-state index is -4.52. The predicted octanol–water partition coefficient (Wildman–Crippen LogP) is 4.03. The lowest BCUT2D eigenvalue weighted by Gasteiger charge is -2.30. The zero-order chi connectivity index (χ0) is 21.1. The molecule has 0 aliphatic heterocycles. The molecule has 0 unspecified atom stereocenters. The monoisotopic (exact) mass is 418 g/mol. The molecule has 5 nitrogen and oxygen atoms in total. The van der Waals surface area contributed by atoms with Gasteiger partial charge in [0.05, 0.1) is 17.5 Å². The van der Waals surface area contributed by atoms with Crippen molar-refractivity contribution in [1.29, 1.82) is 0 Å². The first-order chi connectivity index (χ1) is 12.9. The molecule has 10 heteroatoms. The number of sulfonamides is 1. The largest absolute Gasteiger partial charge is 0.416 e. The molecule has 0 aliphatic carbocycles. The molecule has 2 aromatic rings. The zero-order valence-electron chi connectivity index (χ0n) is 15.0. The first kappa shape index (κ1) is 21.7. The molecule has 1 atom stereocenters. The number of amides is 1. The van der Waals surface area contributed by atoms with Crippen molar-refractivity contribution in [1.82, 2.24) is 0 Å². The highest BCUT2D eigenvalue weighted by Crippen LogP contribution is 2.30. The molecule has 2 rings (SSSR count). The molecule has 152 valence electrons. The fourth-order valence-corrected chi connectivity index (χ4v) is 3.85. The number of nitrogens with zero attached hydrogens (tertiary/aromatic N) is 1. The Balaban J connectivity index is 2.33. The van der Waals surface area contributed by atoms with Crippen LogP contribution < -0.4 is 9.62 Å². The number of para-hydroxylation sites is 1. The van der Waals surface area contributed by atoms with E-state index < -0.39 is 39.5 Å². The van der Waals surface area contributed by atoms with Gasteiger partial charge in [-0.15, -0.1) is 0 Å². The maximum atomic E-state index is 14.2. The second kappa shape index (κ2) is 8.17. The van der Waals surface area contributed by atoms with Crippen molar-refractivity contribution in [2.45, 2.75) is 25.6 Å². The Kier molecular flexibility index (Phi) is 6.33. The molecule has 0 radical (unpaired) electrons. The molecule has 0 saturated heterocycles. The molecule has 0 aromatic heterocycles. The van der Waals surface area contributed by atoms with Crippen molar-refractivity contribution in [3.05, 3.63) is 59.9 Å². The van der Waals surface area contributed by atoms with Gasteiger partial charge in [0, 0.05) is 5.69 Å². The molecule has 2 aromatic carbocycles. The third-order valence-corrected chi connectivity index (χ3v) is 5.07. The second-order valence-electron chi connectivity index (χ2n) is 6.00. The van der Waals surface area contributed by atoms with Gasteiger partial charge in [0.1, 0.15) is 11.9 Å². The summed E-state index contributed by atoms with van der Waals surface area (Å²) < 4.78 is 77.2. The number of benzene rings is 2. The smallest absolute Gasteiger partial charge is 0.324 e. The van der Waals surface area contributed by atoms with Crippen molar-refractivity contribution in [2.24, 2.45) is 0 Å². The number of hydrogen-bond acceptors (Lipinski definition) is 3. The van der Waals surface area contributed by atoms with Gasteiger partial charge in [0.2, 0.25) is 15.9 Å². The van der Waals surface area contributed by atoms with Gasteiger partial charge in [-0.3, -0.25) is 9.10 Å². The highest BCUT2D eigenvalue weighted by atomic mass is 32.2. The molecule has 0 saturated carbocycles. The van der Waals surface area contributed by atoms with Gasteiger partial charge >= 0.3 is 6.18 Å². The zero-order valence-corrected chi connectivity index (χ0v) is 15.8. The average Bonchev–Trinajstić information content (AvgIpc) is 2.59. The normalized spacial score (nSPS) is 13.1. The number of carbonyl (C=O) groups excluding carboxylic acids is 1. The van der Waals surface area contributed by atoms with Crippen LogP contribution in [0.2, 0.25) is 0 Å². The maximum absolute atomic E-state index is 14.2. The van der Waals surface area contributed by atoms with Crippen LogP contribution in [0.1, 0.15) is 18.9 Å². The van der Waals surface area contributed by atoms with Crippen molar-refractivity contribution >= 4 is 27.3 Å². The van der Waals surface area contributed by atoms with Crippen LogP contribution in [0.25, 0.3) is 0 Å². The highest BCUT2D eigenvalue weighted by Gasteiger charge is 2.33. The van der Waals surface area contributed by atoms with Gasteiger partial charge in [0.25, 0.3) is 0 Å². The van der Waals surface area contributed by atoms with Gasteiger partial charge in [-0.2, -0.15) is 13.2 Å². The molecule has 1 amide bonds. The summed E-state index contributed by atoms with van der Waals surface area (Å²) in [5.41, 5.74) is -1.13. The lowest BCUT2D eigenvalue weighted by atomic mass is 10.1. The van der Waals surface area contributed by atoms with Gasteiger partial charge in [-0.1, -0.05) is 19.1 Å². The summed E-state index contributed by atoms with van der Waals surface area (Å²) in [6, 6.07) is 7.50. The Morgan fingerprint density at radius 3 is 2.14 bits per heavy atom. The average molecular weight is 418 g/mol. The van der Waals surface area contributed by atoms with Gasteiger partial charge in [0.15, 0.2) is 0 Å². The number of hydrogen-bond donors (Lipinski definition) is 1. The van der Waals surface area contributed by atoms with Crippen molar-refractivity contribution in [2.75, 3.05) is 15.9 Å². The van der Waals surface area contributed by atoms with Gasteiger partial charge in [-0.25, -0.2) is 12.8 Å². The number of halogens is 4. The first-order valence-corrected chi connectivity index (χ1v) is 10.0. The van der Waals surface area contributed by atoms with E-state index >= 15 is 0 Å². The summed E-state index contributed by atoms with van der Waals surface area (Å²) in [6.07, 6.45) is -3.67. The van der Waals surface area contributed by atoms with Crippen LogP contribution in [0.15, 0.2) is 48.5 Å². The third kappa shape index (κ3) is 5.00. The van der Waals surface area contributed by atoms with Gasteiger partial charge in [-0.05, 0) is 42.8 Å². The van der Waals surface area contributed by atoms with Crippen LogP contribution in [0.5, 0.6) is 0 Å². The van der Waals surface area contributed by atoms with Crippen LogP contribution in [-0.4, -0.2) is 26.6 Å². The van der Waals surface area contributed by atoms with Crippen molar-refractivity contribution in [3.8, 4) is 0 Å². The quantitative estimate of drug-likeness (QED) is 0.721. The van der Waals surface area contributed by atoms with Crippen LogP contribution in [-0.2, 0) is 21.0 Å². The number of alkyl halides is 3. The minimum Gasteiger partial charge on any atom is -0.324 e. The van der Waals surface area contributed by atoms with E-state index in [2.05, 4.69) is 5.32 Å².